The first kappa shape index (κ1) is 21.1. The number of para-hydroxylation sites is 1. The molecule has 2 heterocycles. The molecule has 1 N–H and O–H groups in total. The summed E-state index contributed by atoms with van der Waals surface area (Å²) >= 11 is 0. The Morgan fingerprint density at radius 3 is 2.59 bits per heavy atom. The van der Waals surface area contributed by atoms with Crippen molar-refractivity contribution < 1.29 is 4.79 Å². The van der Waals surface area contributed by atoms with Crippen LogP contribution in [0.1, 0.15) is 27.9 Å². The minimum atomic E-state index is 0. The Morgan fingerprint density at radius 1 is 1.03 bits per heavy atom. The zero-order valence-electron chi connectivity index (χ0n) is 16.9. The van der Waals surface area contributed by atoms with E-state index < -0.39 is 0 Å². The molecule has 1 aliphatic heterocycles. The summed E-state index contributed by atoms with van der Waals surface area (Å²) in [6.45, 7) is 7.44. The molecule has 1 aliphatic rings. The SMILES string of the molecule is Cc1ccc(-c2nn(-c3ccccc3)cc2C(=O)N2CCCNCC2)c(C)c1.Cl. The topological polar surface area (TPSA) is 50.2 Å². The maximum absolute atomic E-state index is 13.4. The number of aromatic nitrogens is 2. The van der Waals surface area contributed by atoms with Gasteiger partial charge in [0.1, 0.15) is 5.69 Å². The molecule has 152 valence electrons. The summed E-state index contributed by atoms with van der Waals surface area (Å²) in [5.74, 6) is 0.0563. The Labute approximate surface area is 178 Å². The van der Waals surface area contributed by atoms with Crippen LogP contribution in [0.2, 0.25) is 0 Å². The molecule has 0 bridgehead atoms. The fraction of sp³-hybridized carbons (Fsp3) is 0.304. The number of rotatable bonds is 3. The lowest BCUT2D eigenvalue weighted by atomic mass is 10.00. The molecule has 3 aromatic rings. The maximum Gasteiger partial charge on any atom is 0.257 e. The van der Waals surface area contributed by atoms with Crippen LogP contribution in [0.3, 0.4) is 0 Å². The Morgan fingerprint density at radius 2 is 1.83 bits per heavy atom. The number of nitrogens with zero attached hydrogens (tertiary/aromatic N) is 3. The third kappa shape index (κ3) is 4.52. The summed E-state index contributed by atoms with van der Waals surface area (Å²) < 4.78 is 1.82. The van der Waals surface area contributed by atoms with E-state index in [-0.39, 0.29) is 18.3 Å². The normalized spacial score (nSPS) is 14.2. The van der Waals surface area contributed by atoms with Gasteiger partial charge in [-0.05, 0) is 44.5 Å². The number of amides is 1. The minimum Gasteiger partial charge on any atom is -0.337 e. The monoisotopic (exact) mass is 410 g/mol. The molecule has 0 unspecified atom stereocenters. The van der Waals surface area contributed by atoms with Gasteiger partial charge in [0, 0.05) is 31.4 Å². The predicted molar refractivity (Wildman–Crippen MR) is 119 cm³/mol. The van der Waals surface area contributed by atoms with E-state index in [1.165, 1.54) is 5.56 Å². The van der Waals surface area contributed by atoms with Crippen molar-refractivity contribution in [3.63, 3.8) is 0 Å². The van der Waals surface area contributed by atoms with Gasteiger partial charge in [0.05, 0.1) is 11.3 Å². The summed E-state index contributed by atoms with van der Waals surface area (Å²) in [5, 5.41) is 8.20. The van der Waals surface area contributed by atoms with E-state index in [2.05, 4.69) is 37.4 Å². The molecular weight excluding hydrogens is 384 g/mol. The second kappa shape index (κ2) is 9.25. The van der Waals surface area contributed by atoms with E-state index >= 15 is 0 Å². The molecule has 6 heteroatoms. The highest BCUT2D eigenvalue weighted by Gasteiger charge is 2.24. The first-order valence-electron chi connectivity index (χ1n) is 9.86. The number of carbonyl (C=O) groups excluding carboxylic acids is 1. The summed E-state index contributed by atoms with van der Waals surface area (Å²) in [4.78, 5) is 15.4. The van der Waals surface area contributed by atoms with Crippen LogP contribution in [0, 0.1) is 13.8 Å². The van der Waals surface area contributed by atoms with Gasteiger partial charge in [0.25, 0.3) is 5.91 Å². The molecule has 1 fully saturated rings. The lowest BCUT2D eigenvalue weighted by molar-refractivity contribution is 0.0767. The van der Waals surface area contributed by atoms with E-state index in [9.17, 15) is 4.79 Å². The van der Waals surface area contributed by atoms with Crippen molar-refractivity contribution in [3.8, 4) is 16.9 Å². The van der Waals surface area contributed by atoms with Crippen molar-refractivity contribution in [1.82, 2.24) is 20.0 Å². The zero-order valence-corrected chi connectivity index (χ0v) is 17.7. The van der Waals surface area contributed by atoms with Crippen LogP contribution in [-0.2, 0) is 0 Å². The molecule has 4 rings (SSSR count). The third-order valence-corrected chi connectivity index (χ3v) is 5.23. The summed E-state index contributed by atoms with van der Waals surface area (Å²) in [6.07, 6.45) is 2.85. The minimum absolute atomic E-state index is 0. The fourth-order valence-electron chi connectivity index (χ4n) is 3.74. The second-order valence-corrected chi connectivity index (χ2v) is 7.39. The lowest BCUT2D eigenvalue weighted by Crippen LogP contribution is -2.34. The lowest BCUT2D eigenvalue weighted by Gasteiger charge is -2.20. The van der Waals surface area contributed by atoms with Crippen LogP contribution in [0.15, 0.2) is 54.7 Å². The summed E-state index contributed by atoms with van der Waals surface area (Å²) in [7, 11) is 0. The molecule has 5 nitrogen and oxygen atoms in total. The highest BCUT2D eigenvalue weighted by Crippen LogP contribution is 2.28. The number of hydrogen-bond acceptors (Lipinski definition) is 3. The predicted octanol–water partition coefficient (Wildman–Crippen LogP) is 4.01. The van der Waals surface area contributed by atoms with Crippen molar-refractivity contribution in [2.45, 2.75) is 20.3 Å². The van der Waals surface area contributed by atoms with Crippen LogP contribution in [0.5, 0.6) is 0 Å². The molecule has 1 saturated heterocycles. The van der Waals surface area contributed by atoms with Crippen LogP contribution in [0.4, 0.5) is 0 Å². The first-order chi connectivity index (χ1) is 13.6. The van der Waals surface area contributed by atoms with Crippen LogP contribution in [0.25, 0.3) is 16.9 Å². The first-order valence-corrected chi connectivity index (χ1v) is 9.86. The number of carbonyl (C=O) groups is 1. The third-order valence-electron chi connectivity index (χ3n) is 5.23. The van der Waals surface area contributed by atoms with Gasteiger partial charge in [0.15, 0.2) is 0 Å². The van der Waals surface area contributed by atoms with E-state index in [1.54, 1.807) is 0 Å². The van der Waals surface area contributed by atoms with Gasteiger partial charge < -0.3 is 10.2 Å². The molecule has 0 saturated carbocycles. The van der Waals surface area contributed by atoms with Gasteiger partial charge in [0.2, 0.25) is 0 Å². The van der Waals surface area contributed by atoms with Gasteiger partial charge in [-0.3, -0.25) is 4.79 Å². The summed E-state index contributed by atoms with van der Waals surface area (Å²) in [6, 6.07) is 16.2. The van der Waals surface area contributed by atoms with Crippen molar-refractivity contribution >= 4 is 18.3 Å². The molecule has 0 aliphatic carbocycles. The molecule has 2 aromatic carbocycles. The van der Waals surface area contributed by atoms with E-state index in [0.717, 1.165) is 55.1 Å². The molecule has 0 radical (unpaired) electrons. The molecule has 0 atom stereocenters. The quantitative estimate of drug-likeness (QED) is 0.709. The van der Waals surface area contributed by atoms with Gasteiger partial charge >= 0.3 is 0 Å². The Balaban J connectivity index is 0.00000240. The largest absolute Gasteiger partial charge is 0.337 e. The van der Waals surface area contributed by atoms with E-state index in [4.69, 9.17) is 5.10 Å². The standard InChI is InChI=1S/C23H26N4O.ClH/c1-17-9-10-20(18(2)15-17)22-21(23(28)26-13-6-11-24-12-14-26)16-27(25-22)19-7-4-3-5-8-19;/h3-5,7-10,15-16,24H,6,11-14H2,1-2H3;1H. The fourth-order valence-corrected chi connectivity index (χ4v) is 3.74. The molecule has 29 heavy (non-hydrogen) atoms. The molecule has 0 spiro atoms. The molecule has 1 aromatic heterocycles. The van der Waals surface area contributed by atoms with Crippen molar-refractivity contribution in [2.24, 2.45) is 0 Å². The van der Waals surface area contributed by atoms with Crippen molar-refractivity contribution in [2.75, 3.05) is 26.2 Å². The van der Waals surface area contributed by atoms with E-state index in [1.807, 2.05) is 46.1 Å². The highest BCUT2D eigenvalue weighted by atomic mass is 35.5. The second-order valence-electron chi connectivity index (χ2n) is 7.39. The van der Waals surface area contributed by atoms with Gasteiger partial charge in [-0.2, -0.15) is 5.10 Å². The van der Waals surface area contributed by atoms with Gasteiger partial charge in [-0.1, -0.05) is 42.0 Å². The maximum atomic E-state index is 13.4. The number of nitrogens with one attached hydrogen (secondary N) is 1. The number of benzene rings is 2. The molecular formula is C23H27ClN4O. The van der Waals surface area contributed by atoms with Crippen molar-refractivity contribution in [1.29, 1.82) is 0 Å². The Bertz CT molecular complexity index is 976. The Kier molecular flexibility index (Phi) is 6.72. The Hall–Kier alpha value is -2.63. The smallest absolute Gasteiger partial charge is 0.257 e. The zero-order chi connectivity index (χ0) is 19.5. The van der Waals surface area contributed by atoms with Crippen LogP contribution in [-0.4, -0.2) is 46.8 Å². The van der Waals surface area contributed by atoms with Gasteiger partial charge in [-0.25, -0.2) is 4.68 Å². The van der Waals surface area contributed by atoms with Crippen LogP contribution < -0.4 is 5.32 Å². The highest BCUT2D eigenvalue weighted by molar-refractivity contribution is 6.00. The summed E-state index contributed by atoms with van der Waals surface area (Å²) in [5.41, 5.74) is 5.71. The number of halogens is 1. The molecule has 1 amide bonds. The van der Waals surface area contributed by atoms with Crippen molar-refractivity contribution in [3.05, 3.63) is 71.4 Å². The average molecular weight is 411 g/mol. The average Bonchev–Trinajstić information content (AvgIpc) is 2.95. The number of aryl methyl sites for hydroxylation is 2. The van der Waals surface area contributed by atoms with Crippen LogP contribution >= 0.6 is 12.4 Å². The number of hydrogen-bond donors (Lipinski definition) is 1. The van der Waals surface area contributed by atoms with Gasteiger partial charge in [-0.15, -0.1) is 12.4 Å². The van der Waals surface area contributed by atoms with E-state index in [0.29, 0.717) is 5.56 Å².